The Morgan fingerprint density at radius 3 is 2.59 bits per heavy atom. The van der Waals surface area contributed by atoms with Crippen molar-refractivity contribution in [3.8, 4) is 0 Å². The van der Waals surface area contributed by atoms with Gasteiger partial charge in [0.05, 0.1) is 6.54 Å². The predicted molar refractivity (Wildman–Crippen MR) is 80.0 cm³/mol. The summed E-state index contributed by atoms with van der Waals surface area (Å²) in [5, 5.41) is 0. The van der Waals surface area contributed by atoms with E-state index in [-0.39, 0.29) is 11.9 Å². The number of carbonyl (C=O) groups is 2. The molecule has 22 heavy (non-hydrogen) atoms. The zero-order chi connectivity index (χ0) is 16.2. The molecule has 118 valence electrons. The molecule has 1 aromatic rings. The minimum absolute atomic E-state index is 0.240. The van der Waals surface area contributed by atoms with E-state index in [1.54, 1.807) is 7.05 Å². The lowest BCUT2D eigenvalue weighted by molar-refractivity contribution is -0.677. The molecular weight excluding hydrogens is 284 g/mol. The highest BCUT2D eigenvalue weighted by Gasteiger charge is 2.52. The monoisotopic (exact) mass is 305 g/mol. The van der Waals surface area contributed by atoms with Crippen LogP contribution in [0.25, 0.3) is 0 Å². The van der Waals surface area contributed by atoms with E-state index in [1.165, 1.54) is 11.9 Å². The van der Waals surface area contributed by atoms with Gasteiger partial charge in [0, 0.05) is 20.6 Å². The van der Waals surface area contributed by atoms with Crippen molar-refractivity contribution in [3.63, 3.8) is 0 Å². The molecule has 0 bridgehead atoms. The quantitative estimate of drug-likeness (QED) is 0.724. The highest BCUT2D eigenvalue weighted by Crippen LogP contribution is 2.28. The van der Waals surface area contributed by atoms with Gasteiger partial charge in [0.1, 0.15) is 11.9 Å². The zero-order valence-electron chi connectivity index (χ0n) is 13.6. The summed E-state index contributed by atoms with van der Waals surface area (Å²) >= 11 is 0. The van der Waals surface area contributed by atoms with Crippen molar-refractivity contribution >= 4 is 23.7 Å². The van der Waals surface area contributed by atoms with E-state index in [9.17, 15) is 9.59 Å². The molecule has 1 atom stereocenters. The third kappa shape index (κ3) is 1.94. The minimum atomic E-state index is -0.540. The van der Waals surface area contributed by atoms with Crippen LogP contribution in [-0.4, -0.2) is 71.8 Å². The number of urea groups is 1. The van der Waals surface area contributed by atoms with Gasteiger partial charge in [-0.3, -0.25) is 14.6 Å². The standard InChI is InChI=1S/C14H21N6O2/c1-9-8-20-10-11(17(4)14(22)18(5)12(10)21)15-13(20)19(9)7-6-16(2)3/h8,10H,6-7H2,1-5H3/q+1. The van der Waals surface area contributed by atoms with E-state index >= 15 is 0 Å². The van der Waals surface area contributed by atoms with Gasteiger partial charge in [-0.2, -0.15) is 0 Å². The van der Waals surface area contributed by atoms with Crippen LogP contribution in [0.1, 0.15) is 11.7 Å². The van der Waals surface area contributed by atoms with E-state index in [0.29, 0.717) is 5.84 Å². The van der Waals surface area contributed by atoms with Gasteiger partial charge in [-0.05, 0) is 21.0 Å². The molecule has 0 aromatic carbocycles. The number of rotatable bonds is 3. The number of hydrogen-bond donors (Lipinski definition) is 0. The maximum Gasteiger partial charge on any atom is 0.401 e. The van der Waals surface area contributed by atoms with Crippen LogP contribution < -0.4 is 4.57 Å². The molecule has 0 aliphatic carbocycles. The molecule has 2 aliphatic rings. The summed E-state index contributed by atoms with van der Waals surface area (Å²) in [5.74, 6) is 0.986. The number of imide groups is 1. The Morgan fingerprint density at radius 2 is 1.95 bits per heavy atom. The number of aryl methyl sites for hydroxylation is 1. The zero-order valence-corrected chi connectivity index (χ0v) is 13.6. The lowest BCUT2D eigenvalue weighted by atomic mass is 10.2. The first-order valence-electron chi connectivity index (χ1n) is 7.22. The summed E-state index contributed by atoms with van der Waals surface area (Å²) in [7, 11) is 7.19. The van der Waals surface area contributed by atoms with E-state index in [1.807, 2.05) is 31.8 Å². The number of imidazole rings is 1. The molecule has 0 saturated carbocycles. The fourth-order valence-corrected chi connectivity index (χ4v) is 2.89. The van der Waals surface area contributed by atoms with Crippen molar-refractivity contribution in [3.05, 3.63) is 11.9 Å². The molecule has 1 saturated heterocycles. The highest BCUT2D eigenvalue weighted by atomic mass is 16.2. The minimum Gasteiger partial charge on any atom is -0.306 e. The number of likely N-dealkylation sites (N-methyl/N-ethyl adjacent to an activating group) is 3. The molecule has 3 rings (SSSR count). The molecule has 3 amide bonds. The van der Waals surface area contributed by atoms with Crippen molar-refractivity contribution in [2.75, 3.05) is 34.7 Å². The second-order valence-corrected chi connectivity index (χ2v) is 6.04. The number of fused-ring (bicyclic) bond motifs is 3. The highest BCUT2D eigenvalue weighted by molar-refractivity contribution is 6.18. The molecule has 1 unspecified atom stereocenters. The maximum atomic E-state index is 12.5. The van der Waals surface area contributed by atoms with E-state index < -0.39 is 6.04 Å². The topological polar surface area (TPSA) is 65.0 Å². The van der Waals surface area contributed by atoms with E-state index in [0.717, 1.165) is 29.6 Å². The first kappa shape index (κ1) is 14.7. The Balaban J connectivity index is 2.04. The van der Waals surface area contributed by atoms with Crippen molar-refractivity contribution in [1.82, 2.24) is 19.3 Å². The molecule has 8 nitrogen and oxygen atoms in total. The van der Waals surface area contributed by atoms with Gasteiger partial charge < -0.3 is 4.90 Å². The van der Waals surface area contributed by atoms with Crippen LogP contribution >= 0.6 is 0 Å². The number of amidine groups is 1. The Bertz CT molecular complexity index is 690. The molecule has 0 radical (unpaired) electrons. The lowest BCUT2D eigenvalue weighted by Crippen LogP contribution is -2.61. The summed E-state index contributed by atoms with van der Waals surface area (Å²) in [6.45, 7) is 3.66. The maximum absolute atomic E-state index is 12.5. The lowest BCUT2D eigenvalue weighted by Gasteiger charge is -2.30. The Morgan fingerprint density at radius 1 is 1.27 bits per heavy atom. The summed E-state index contributed by atoms with van der Waals surface area (Å²) in [5.41, 5.74) is 1.05. The molecule has 0 N–H and O–H groups in total. The average Bonchev–Trinajstić information content (AvgIpc) is 2.95. The molecule has 8 heteroatoms. The van der Waals surface area contributed by atoms with Crippen LogP contribution in [0.4, 0.5) is 10.7 Å². The molecular formula is C14H21N6O2+. The smallest absolute Gasteiger partial charge is 0.306 e. The molecule has 1 fully saturated rings. The molecule has 2 aliphatic heterocycles. The molecule has 3 heterocycles. The van der Waals surface area contributed by atoms with Crippen molar-refractivity contribution in [1.29, 1.82) is 0 Å². The predicted octanol–water partition coefficient (Wildman–Crippen LogP) is -0.246. The average molecular weight is 305 g/mol. The van der Waals surface area contributed by atoms with E-state index in [2.05, 4.69) is 14.5 Å². The van der Waals surface area contributed by atoms with Crippen molar-refractivity contribution in [2.45, 2.75) is 19.5 Å². The van der Waals surface area contributed by atoms with Crippen LogP contribution in [0, 0.1) is 6.92 Å². The van der Waals surface area contributed by atoms with Gasteiger partial charge in [0.2, 0.25) is 11.9 Å². The molecule has 0 spiro atoms. The number of hydrogen-bond acceptors (Lipinski definition) is 4. The summed E-state index contributed by atoms with van der Waals surface area (Å²) < 4.78 is 3.94. The Kier molecular flexibility index (Phi) is 3.28. The molecule has 1 aromatic heterocycles. The van der Waals surface area contributed by atoms with Crippen LogP contribution in [-0.2, 0) is 11.3 Å². The fraction of sp³-hybridized carbons (Fsp3) is 0.571. The van der Waals surface area contributed by atoms with Gasteiger partial charge in [-0.25, -0.2) is 13.9 Å². The second-order valence-electron chi connectivity index (χ2n) is 6.04. The number of aliphatic imine (C=N–C) groups is 1. The number of nitrogens with zero attached hydrogens (tertiary/aromatic N) is 6. The van der Waals surface area contributed by atoms with Gasteiger partial charge in [-0.15, -0.1) is 0 Å². The van der Waals surface area contributed by atoms with Crippen LogP contribution in [0.15, 0.2) is 11.2 Å². The van der Waals surface area contributed by atoms with Crippen LogP contribution in [0.3, 0.4) is 0 Å². The number of amides is 3. The SMILES string of the molecule is Cc1c[n+]2c(n1CCN(C)C)N=C1C2C(=O)N(C)C(=O)N1C. The van der Waals surface area contributed by atoms with Gasteiger partial charge in [0.25, 0.3) is 5.91 Å². The first-order valence-corrected chi connectivity index (χ1v) is 7.22. The van der Waals surface area contributed by atoms with Gasteiger partial charge >= 0.3 is 12.0 Å². The normalized spacial score (nSPS) is 20.6. The Hall–Kier alpha value is -2.22. The summed E-state index contributed by atoms with van der Waals surface area (Å²) in [6.07, 6.45) is 1.93. The number of carbonyl (C=O) groups excluding carboxylic acids is 2. The van der Waals surface area contributed by atoms with Gasteiger partial charge in [-0.1, -0.05) is 4.99 Å². The summed E-state index contributed by atoms with van der Waals surface area (Å²) in [4.78, 5) is 33.8. The fourth-order valence-electron chi connectivity index (χ4n) is 2.89. The third-order valence-electron chi connectivity index (χ3n) is 4.21. The van der Waals surface area contributed by atoms with E-state index in [4.69, 9.17) is 0 Å². The Labute approximate surface area is 129 Å². The number of aromatic nitrogens is 2. The van der Waals surface area contributed by atoms with Crippen molar-refractivity contribution < 1.29 is 14.2 Å². The summed E-state index contributed by atoms with van der Waals surface area (Å²) in [6, 6.07) is -0.885. The van der Waals surface area contributed by atoms with Crippen LogP contribution in [0.5, 0.6) is 0 Å². The largest absolute Gasteiger partial charge is 0.401 e. The van der Waals surface area contributed by atoms with Gasteiger partial charge in [0.15, 0.2) is 0 Å². The second kappa shape index (κ2) is 4.91. The van der Waals surface area contributed by atoms with Crippen LogP contribution in [0.2, 0.25) is 0 Å². The first-order chi connectivity index (χ1) is 10.3. The third-order valence-corrected chi connectivity index (χ3v) is 4.21. The van der Waals surface area contributed by atoms with Crippen molar-refractivity contribution in [2.24, 2.45) is 4.99 Å².